The van der Waals surface area contributed by atoms with Gasteiger partial charge in [-0.2, -0.15) is 0 Å². The number of fused-ring (bicyclic) bond motifs is 3. The van der Waals surface area contributed by atoms with E-state index in [2.05, 4.69) is 277 Å². The van der Waals surface area contributed by atoms with E-state index in [0.717, 1.165) is 0 Å². The van der Waals surface area contributed by atoms with Crippen molar-refractivity contribution in [3.05, 3.63) is 323 Å². The van der Waals surface area contributed by atoms with Crippen LogP contribution in [0.3, 0.4) is 0 Å². The summed E-state index contributed by atoms with van der Waals surface area (Å²) in [4.78, 5) is 0. The van der Waals surface area contributed by atoms with Crippen molar-refractivity contribution >= 4 is 32.3 Å². The van der Waals surface area contributed by atoms with Crippen molar-refractivity contribution in [1.29, 1.82) is 0 Å². The van der Waals surface area contributed by atoms with Gasteiger partial charge in [-0.25, -0.2) is 0 Å². The molecule has 0 heteroatoms. The van der Waals surface area contributed by atoms with Gasteiger partial charge in [0.25, 0.3) is 0 Å². The van der Waals surface area contributed by atoms with Crippen LogP contribution in [0, 0.1) is 69.2 Å². The number of benzene rings is 11. The summed E-state index contributed by atoms with van der Waals surface area (Å²) in [7, 11) is 0. The molecular formula is C87H124. The Balaban J connectivity index is -0.000000286. The summed E-state index contributed by atoms with van der Waals surface area (Å²) < 4.78 is 0. The predicted octanol–water partition coefficient (Wildman–Crippen LogP) is 28.6. The van der Waals surface area contributed by atoms with Crippen molar-refractivity contribution in [2.75, 3.05) is 0 Å². The maximum absolute atomic E-state index is 2.24. The van der Waals surface area contributed by atoms with Crippen molar-refractivity contribution in [1.82, 2.24) is 0 Å². The van der Waals surface area contributed by atoms with Gasteiger partial charge in [0.1, 0.15) is 0 Å². The van der Waals surface area contributed by atoms with Crippen molar-refractivity contribution < 1.29 is 0 Å². The molecule has 0 saturated heterocycles. The predicted molar refractivity (Wildman–Crippen MR) is 407 cm³/mol. The minimum Gasteiger partial charge on any atom is -0.0683 e. The Morgan fingerprint density at radius 2 is 0.310 bits per heavy atom. The highest BCUT2D eigenvalue weighted by atomic mass is 14.0. The second-order valence-electron chi connectivity index (χ2n) is 18.1. The fraction of sp³-hybridized carbons (Fsp3) is 0.310. The van der Waals surface area contributed by atoms with E-state index >= 15 is 0 Å². The summed E-state index contributed by atoms with van der Waals surface area (Å²) in [6.07, 6.45) is 1.25. The third-order valence-electron chi connectivity index (χ3n) is 12.0. The molecule has 0 heterocycles. The molecule has 0 amide bonds. The molecule has 11 rings (SSSR count). The van der Waals surface area contributed by atoms with Crippen molar-refractivity contribution in [2.45, 2.75) is 186 Å². The molecule has 0 radical (unpaired) electrons. The molecule has 0 aliphatic carbocycles. The molecule has 87 heavy (non-hydrogen) atoms. The van der Waals surface area contributed by atoms with Crippen LogP contribution in [-0.4, -0.2) is 0 Å². The monoisotopic (exact) mass is 1170 g/mol. The first kappa shape index (κ1) is 88.0. The molecule has 11 aromatic carbocycles. The van der Waals surface area contributed by atoms with Gasteiger partial charge in [0.15, 0.2) is 0 Å². The van der Waals surface area contributed by atoms with E-state index in [0.29, 0.717) is 0 Å². The van der Waals surface area contributed by atoms with E-state index in [4.69, 9.17) is 0 Å². The third kappa shape index (κ3) is 43.5. The highest BCUT2D eigenvalue weighted by molar-refractivity contribution is 5.86. The maximum Gasteiger partial charge on any atom is -0.0155 e. The lowest BCUT2D eigenvalue weighted by atomic mass is 10.0. The van der Waals surface area contributed by atoms with Gasteiger partial charge in [0, 0.05) is 0 Å². The zero-order valence-electron chi connectivity index (χ0n) is 60.1. The highest BCUT2D eigenvalue weighted by Crippen LogP contribution is 2.19. The largest absolute Gasteiger partial charge is 0.0683 e. The minimum atomic E-state index is 1.25. The van der Waals surface area contributed by atoms with Crippen LogP contribution in [0.5, 0.6) is 0 Å². The fourth-order valence-corrected chi connectivity index (χ4v) is 7.00. The molecule has 0 N–H and O–H groups in total. The molecule has 0 aliphatic heterocycles. The van der Waals surface area contributed by atoms with Crippen LogP contribution in [0.4, 0.5) is 0 Å². The SMILES string of the molecule is CC.CC.CC.CC.CC.CC.CC.CCC.Cc1cc2ccccc2cc1C.Cc1cccc2ccccc12.Cc1cccc2ccccc12.Cc1ccccc1C.Cc1ccccc1C.Cc1ccccc1C.c1ccccc1.c1ccccc1. The molecule has 11 aromatic rings. The van der Waals surface area contributed by atoms with Crippen LogP contribution < -0.4 is 0 Å². The average Bonchev–Trinajstić information content (AvgIpc) is 3.77. The van der Waals surface area contributed by atoms with Gasteiger partial charge in [-0.3, -0.25) is 0 Å². The Morgan fingerprint density at radius 3 is 0.494 bits per heavy atom. The third-order valence-corrected chi connectivity index (χ3v) is 12.0. The first-order valence-electron chi connectivity index (χ1n) is 32.8. The Labute approximate surface area is 538 Å². The lowest BCUT2D eigenvalue weighted by Gasteiger charge is -2.02. The standard InChI is InChI=1S/C12H12.2C11H10.3C8H10.2C6H6.C3H8.7C2H6/c1-9-7-11-5-3-4-6-12(11)8-10(9)2;2*1-9-5-4-7-10-6-2-3-8-11(9)10;3*1-7-5-3-4-6-8(7)2;2*1-2-4-6-5-3-1;1-3-2;7*1-2/h3-8H,1-2H3;2*2-8H,1H3;3*3-6H,1-2H3;2*1-6H;3H2,1-2H3;7*1-2H3. The summed E-state index contributed by atoms with van der Waals surface area (Å²) in [6.45, 7) is 53.6. The van der Waals surface area contributed by atoms with Crippen molar-refractivity contribution in [2.24, 2.45) is 0 Å². The van der Waals surface area contributed by atoms with Gasteiger partial charge in [-0.1, -0.05) is 384 Å². The van der Waals surface area contributed by atoms with Gasteiger partial charge >= 0.3 is 0 Å². The maximum atomic E-state index is 2.24. The Morgan fingerprint density at radius 1 is 0.161 bits per heavy atom. The van der Waals surface area contributed by atoms with Crippen LogP contribution in [0.2, 0.25) is 0 Å². The topological polar surface area (TPSA) is 0 Å². The Kier molecular flexibility index (Phi) is 64.9. The summed E-state index contributed by atoms with van der Waals surface area (Å²) in [5, 5.41) is 8.03. The van der Waals surface area contributed by atoms with Crippen LogP contribution >= 0.6 is 0 Å². The molecule has 0 aliphatic rings. The number of rotatable bonds is 0. The van der Waals surface area contributed by atoms with E-state index in [1.54, 1.807) is 0 Å². The number of hydrogen-bond donors (Lipinski definition) is 0. The summed E-state index contributed by atoms with van der Waals surface area (Å²) in [5.74, 6) is 0. The fourth-order valence-electron chi connectivity index (χ4n) is 7.00. The van der Waals surface area contributed by atoms with Gasteiger partial charge in [-0.15, -0.1) is 0 Å². The molecule has 0 atom stereocenters. The van der Waals surface area contributed by atoms with Crippen LogP contribution in [0.15, 0.2) is 267 Å². The molecule has 0 fully saturated rings. The lowest BCUT2D eigenvalue weighted by Crippen LogP contribution is -1.80. The minimum absolute atomic E-state index is 1.25. The normalized spacial score (nSPS) is 8.39. The van der Waals surface area contributed by atoms with E-state index in [-0.39, 0.29) is 0 Å². The smallest absolute Gasteiger partial charge is 0.0155 e. The Hall–Kier alpha value is -7.80. The molecule has 0 spiro atoms. The van der Waals surface area contributed by atoms with E-state index in [1.165, 1.54) is 94.4 Å². The molecule has 0 aromatic heterocycles. The van der Waals surface area contributed by atoms with Gasteiger partial charge < -0.3 is 0 Å². The number of aryl methyl sites for hydroxylation is 10. The number of hydrogen-bond acceptors (Lipinski definition) is 0. The molecule has 0 bridgehead atoms. The molecule has 0 saturated carbocycles. The second kappa shape index (κ2) is 64.2. The average molecular weight is 1170 g/mol. The highest BCUT2D eigenvalue weighted by Gasteiger charge is 1.96. The van der Waals surface area contributed by atoms with E-state index < -0.39 is 0 Å². The molecule has 0 nitrogen and oxygen atoms in total. The van der Waals surface area contributed by atoms with Gasteiger partial charge in [0.2, 0.25) is 0 Å². The molecule has 472 valence electrons. The quantitative estimate of drug-likeness (QED) is 0.142. The van der Waals surface area contributed by atoms with E-state index in [9.17, 15) is 0 Å². The van der Waals surface area contributed by atoms with Crippen molar-refractivity contribution in [3.8, 4) is 0 Å². The lowest BCUT2D eigenvalue weighted by molar-refractivity contribution is 1.09. The van der Waals surface area contributed by atoms with Gasteiger partial charge in [0.05, 0.1) is 0 Å². The zero-order chi connectivity index (χ0) is 67.1. The van der Waals surface area contributed by atoms with Crippen LogP contribution in [0.1, 0.15) is 173 Å². The molecular weight excluding hydrogens is 1040 g/mol. The summed E-state index contributed by atoms with van der Waals surface area (Å²) >= 11 is 0. The Bertz CT molecular complexity index is 2780. The van der Waals surface area contributed by atoms with Crippen LogP contribution in [-0.2, 0) is 0 Å². The van der Waals surface area contributed by atoms with Crippen molar-refractivity contribution in [3.63, 3.8) is 0 Å². The first-order chi connectivity index (χ1) is 42.4. The molecule has 0 unspecified atom stereocenters. The summed E-state index contributed by atoms with van der Waals surface area (Å²) in [5.41, 5.74) is 13.6. The first-order valence-corrected chi connectivity index (χ1v) is 32.8. The summed E-state index contributed by atoms with van der Waals surface area (Å²) in [6, 6.07) is 91.7. The van der Waals surface area contributed by atoms with Crippen LogP contribution in [0.25, 0.3) is 32.3 Å². The second-order valence-corrected chi connectivity index (χ2v) is 18.1. The van der Waals surface area contributed by atoms with Gasteiger partial charge in [-0.05, 0) is 157 Å². The van der Waals surface area contributed by atoms with E-state index in [1.807, 2.05) is 170 Å². The zero-order valence-corrected chi connectivity index (χ0v) is 60.1.